The van der Waals surface area contributed by atoms with Crippen LogP contribution in [0.25, 0.3) is 0 Å². The number of nitrogens with two attached hydrogens (primary N) is 2. The Balaban J connectivity index is 2.04. The molecule has 6 N–H and O–H groups in total. The number of aromatic amines is 1. The van der Waals surface area contributed by atoms with Crippen molar-refractivity contribution in [3.63, 3.8) is 0 Å². The highest BCUT2D eigenvalue weighted by Gasteiger charge is 2.08. The Morgan fingerprint density at radius 2 is 2.05 bits per heavy atom. The predicted molar refractivity (Wildman–Crippen MR) is 65.1 cm³/mol. The molecule has 0 saturated carbocycles. The van der Waals surface area contributed by atoms with E-state index in [1.54, 1.807) is 0 Å². The van der Waals surface area contributed by atoms with Crippen LogP contribution in [0.2, 0.25) is 0 Å². The van der Waals surface area contributed by atoms with Gasteiger partial charge in [0.2, 0.25) is 17.8 Å². The van der Waals surface area contributed by atoms with E-state index in [1.165, 1.54) is 12.4 Å². The lowest BCUT2D eigenvalue weighted by atomic mass is 10.5. The summed E-state index contributed by atoms with van der Waals surface area (Å²) in [5, 5.41) is 14.1. The van der Waals surface area contributed by atoms with Gasteiger partial charge in [0.05, 0.1) is 6.21 Å². The Labute approximate surface area is 105 Å². The largest absolute Gasteiger partial charge is 0.432 e. The van der Waals surface area contributed by atoms with Crippen molar-refractivity contribution in [2.45, 2.75) is 0 Å². The summed E-state index contributed by atoms with van der Waals surface area (Å²) in [6.07, 6.45) is 2.51. The number of imidazole rings is 1. The Kier molecular flexibility index (Phi) is 3.14. The van der Waals surface area contributed by atoms with Gasteiger partial charge in [0, 0.05) is 0 Å². The highest BCUT2D eigenvalue weighted by molar-refractivity contribution is 5.77. The molecule has 2 aromatic rings. The molecule has 98 valence electrons. The third-order valence-corrected chi connectivity index (χ3v) is 1.79. The molecule has 12 heteroatoms. The molecule has 0 aliphatic heterocycles. The second-order valence-electron chi connectivity index (χ2n) is 3.16. The van der Waals surface area contributed by atoms with Gasteiger partial charge in [-0.15, -0.1) is 0 Å². The van der Waals surface area contributed by atoms with E-state index in [2.05, 4.69) is 35.4 Å². The fraction of sp³-hybridized carbons (Fsp3) is 0. The van der Waals surface area contributed by atoms with Crippen LogP contribution in [-0.4, -0.2) is 36.1 Å². The van der Waals surface area contributed by atoms with Gasteiger partial charge in [-0.3, -0.25) is 0 Å². The van der Waals surface area contributed by atoms with Crippen LogP contribution in [0, 0.1) is 10.1 Å². The van der Waals surface area contributed by atoms with E-state index in [4.69, 9.17) is 11.5 Å². The molecule has 0 unspecified atom stereocenters. The number of hydrogen-bond acceptors (Lipinski definition) is 10. The first kappa shape index (κ1) is 12.2. The van der Waals surface area contributed by atoms with E-state index in [0.29, 0.717) is 5.69 Å². The fourth-order valence-corrected chi connectivity index (χ4v) is 1.10. The van der Waals surface area contributed by atoms with Crippen molar-refractivity contribution in [3.8, 4) is 0 Å². The molecule has 0 aliphatic rings. The van der Waals surface area contributed by atoms with Gasteiger partial charge in [-0.2, -0.15) is 20.1 Å². The second kappa shape index (κ2) is 4.91. The molecule has 0 aromatic carbocycles. The molecule has 0 atom stereocenters. The first-order valence-electron chi connectivity index (χ1n) is 4.80. The van der Waals surface area contributed by atoms with Crippen LogP contribution >= 0.6 is 0 Å². The maximum absolute atomic E-state index is 10.4. The summed E-state index contributed by atoms with van der Waals surface area (Å²) >= 11 is 0. The number of H-pyrrole nitrogens is 1. The van der Waals surface area contributed by atoms with Crippen molar-refractivity contribution in [2.24, 2.45) is 5.10 Å². The lowest BCUT2D eigenvalue weighted by Crippen LogP contribution is -2.06. The number of nitrogens with one attached hydrogen (secondary N) is 2. The average molecular weight is 264 g/mol. The fourth-order valence-electron chi connectivity index (χ4n) is 1.10. The van der Waals surface area contributed by atoms with Gasteiger partial charge in [0.25, 0.3) is 0 Å². The Morgan fingerprint density at radius 1 is 1.37 bits per heavy atom. The van der Waals surface area contributed by atoms with E-state index in [0.717, 1.165) is 0 Å². The highest BCUT2D eigenvalue weighted by Crippen LogP contribution is 2.04. The highest BCUT2D eigenvalue weighted by atomic mass is 16.6. The van der Waals surface area contributed by atoms with Crippen LogP contribution < -0.4 is 16.9 Å². The van der Waals surface area contributed by atoms with Crippen LogP contribution in [0.1, 0.15) is 5.69 Å². The molecule has 0 fully saturated rings. The number of anilines is 3. The molecule has 0 radical (unpaired) electrons. The maximum Gasteiger partial charge on any atom is 0.432 e. The van der Waals surface area contributed by atoms with Crippen LogP contribution in [0.15, 0.2) is 11.3 Å². The van der Waals surface area contributed by atoms with Crippen molar-refractivity contribution >= 4 is 30.0 Å². The molecular weight excluding hydrogens is 256 g/mol. The van der Waals surface area contributed by atoms with Crippen LogP contribution in [0.3, 0.4) is 0 Å². The quantitative estimate of drug-likeness (QED) is 0.308. The van der Waals surface area contributed by atoms with Gasteiger partial charge in [-0.05, 0) is 4.92 Å². The first-order valence-corrected chi connectivity index (χ1v) is 4.80. The molecule has 2 rings (SSSR count). The van der Waals surface area contributed by atoms with Gasteiger partial charge in [-0.25, -0.2) is 10.4 Å². The summed E-state index contributed by atoms with van der Waals surface area (Å²) in [5.41, 5.74) is 13.5. The summed E-state index contributed by atoms with van der Waals surface area (Å²) in [4.78, 5) is 26.7. The number of nitrogen functional groups attached to an aromatic ring is 2. The predicted octanol–water partition coefficient (Wildman–Crippen LogP) is -0.887. The van der Waals surface area contributed by atoms with E-state index >= 15 is 0 Å². The van der Waals surface area contributed by atoms with Crippen LogP contribution in [0.5, 0.6) is 0 Å². The summed E-state index contributed by atoms with van der Waals surface area (Å²) in [6, 6.07) is 0. The lowest BCUT2D eigenvalue weighted by Gasteiger charge is -1.99. The zero-order valence-electron chi connectivity index (χ0n) is 9.31. The Morgan fingerprint density at radius 3 is 2.63 bits per heavy atom. The number of aromatic nitrogens is 5. The Hall–Kier alpha value is -3.31. The van der Waals surface area contributed by atoms with Gasteiger partial charge >= 0.3 is 5.95 Å². The van der Waals surface area contributed by atoms with Gasteiger partial charge < -0.3 is 21.6 Å². The molecule has 0 aliphatic carbocycles. The Bertz CT molecular complexity index is 614. The van der Waals surface area contributed by atoms with Gasteiger partial charge in [0.1, 0.15) is 6.20 Å². The third-order valence-electron chi connectivity index (χ3n) is 1.79. The number of hydrogen-bond donors (Lipinski definition) is 4. The number of rotatable bonds is 4. The standard InChI is InChI=1S/C7H8N10O2/c8-4-13-5(9)15-6(14-4)16-11-2-3-1-10-7(12-3)17(18)19/h1-2H,(H,10,12)(H5,8,9,13,14,15,16)/b11-2+. The number of hydrazone groups is 1. The first-order chi connectivity index (χ1) is 9.04. The summed E-state index contributed by atoms with van der Waals surface area (Å²) in [5.74, 6) is -0.435. The molecule has 0 bridgehead atoms. The summed E-state index contributed by atoms with van der Waals surface area (Å²) in [6.45, 7) is 0. The number of nitro groups is 1. The van der Waals surface area contributed by atoms with E-state index in [9.17, 15) is 10.1 Å². The smallest absolute Gasteiger partial charge is 0.390 e. The molecule has 0 saturated heterocycles. The lowest BCUT2D eigenvalue weighted by molar-refractivity contribution is -0.393. The number of nitrogens with zero attached hydrogens (tertiary/aromatic N) is 6. The van der Waals surface area contributed by atoms with Crippen molar-refractivity contribution in [2.75, 3.05) is 16.9 Å². The van der Waals surface area contributed by atoms with Crippen LogP contribution in [0.4, 0.5) is 23.8 Å². The SMILES string of the molecule is Nc1nc(N)nc(N/N=C/c2cnc([N+](=O)[O-])[nH]2)n1. The van der Waals surface area contributed by atoms with Crippen LogP contribution in [-0.2, 0) is 0 Å². The second-order valence-corrected chi connectivity index (χ2v) is 3.16. The molecular formula is C7H8N10O2. The summed E-state index contributed by atoms with van der Waals surface area (Å²) < 4.78 is 0. The normalized spacial score (nSPS) is 10.7. The van der Waals surface area contributed by atoms with Crippen molar-refractivity contribution in [1.29, 1.82) is 0 Å². The minimum Gasteiger partial charge on any atom is -0.390 e. The van der Waals surface area contributed by atoms with Crippen molar-refractivity contribution in [3.05, 3.63) is 22.0 Å². The molecule has 12 nitrogen and oxygen atoms in total. The summed E-state index contributed by atoms with van der Waals surface area (Å²) in [7, 11) is 0. The van der Waals surface area contributed by atoms with Gasteiger partial charge in [0.15, 0.2) is 5.69 Å². The van der Waals surface area contributed by atoms with Crippen molar-refractivity contribution in [1.82, 2.24) is 24.9 Å². The topological polar surface area (TPSA) is 187 Å². The maximum atomic E-state index is 10.4. The monoisotopic (exact) mass is 264 g/mol. The molecule has 2 aromatic heterocycles. The van der Waals surface area contributed by atoms with E-state index in [1.807, 2.05) is 0 Å². The minimum atomic E-state index is -0.655. The molecule has 19 heavy (non-hydrogen) atoms. The van der Waals surface area contributed by atoms with Gasteiger partial charge in [-0.1, -0.05) is 4.98 Å². The molecule has 0 amide bonds. The zero-order chi connectivity index (χ0) is 13.8. The average Bonchev–Trinajstić information content (AvgIpc) is 2.76. The molecule has 0 spiro atoms. The van der Waals surface area contributed by atoms with Crippen molar-refractivity contribution < 1.29 is 4.92 Å². The zero-order valence-corrected chi connectivity index (χ0v) is 9.31. The molecule has 2 heterocycles. The van der Waals surface area contributed by atoms with E-state index < -0.39 is 4.92 Å². The van der Waals surface area contributed by atoms with E-state index in [-0.39, 0.29) is 23.8 Å². The minimum absolute atomic E-state index is 0.0512. The third kappa shape index (κ3) is 3.09.